The number of amides is 2. The lowest BCUT2D eigenvalue weighted by molar-refractivity contribution is -0.130. The zero-order valence-electron chi connectivity index (χ0n) is 13.4. The summed E-state index contributed by atoms with van der Waals surface area (Å²) in [6.07, 6.45) is 0.477. The van der Waals surface area contributed by atoms with Crippen molar-refractivity contribution in [1.82, 2.24) is 0 Å². The molecule has 0 radical (unpaired) electrons. The van der Waals surface area contributed by atoms with Gasteiger partial charge in [-0.25, -0.2) is 4.39 Å². The summed E-state index contributed by atoms with van der Waals surface area (Å²) in [6, 6.07) is 9.66. The van der Waals surface area contributed by atoms with E-state index in [1.54, 1.807) is 0 Å². The average Bonchev–Trinajstić information content (AvgIpc) is 2.50. The molecule has 0 heterocycles. The van der Waals surface area contributed by atoms with Gasteiger partial charge in [-0.1, -0.05) is 30.3 Å². The molecular weight excluding hydrogens is 299 g/mol. The van der Waals surface area contributed by atoms with Crippen LogP contribution in [0.3, 0.4) is 0 Å². The van der Waals surface area contributed by atoms with Crippen molar-refractivity contribution in [1.29, 1.82) is 0 Å². The molecule has 3 atom stereocenters. The summed E-state index contributed by atoms with van der Waals surface area (Å²) in [7, 11) is 0. The van der Waals surface area contributed by atoms with E-state index in [1.165, 1.54) is 0 Å². The molecule has 1 rings (SSSR count). The third kappa shape index (κ3) is 6.78. The fourth-order valence-corrected chi connectivity index (χ4v) is 2.37. The van der Waals surface area contributed by atoms with E-state index in [0.717, 1.165) is 12.5 Å². The van der Waals surface area contributed by atoms with E-state index in [9.17, 15) is 19.1 Å². The van der Waals surface area contributed by atoms with Gasteiger partial charge in [0.25, 0.3) is 5.91 Å². The fraction of sp³-hybridized carbons (Fsp3) is 0.529. The fourth-order valence-electron chi connectivity index (χ4n) is 2.37. The van der Waals surface area contributed by atoms with Crippen molar-refractivity contribution in [3.8, 4) is 0 Å². The predicted octanol–water partition coefficient (Wildman–Crippen LogP) is 1.47. The number of rotatable bonds is 10. The van der Waals surface area contributed by atoms with Gasteiger partial charge in [-0.2, -0.15) is 0 Å². The summed E-state index contributed by atoms with van der Waals surface area (Å²) in [5, 5.41) is 10.1. The Morgan fingerprint density at radius 2 is 1.83 bits per heavy atom. The van der Waals surface area contributed by atoms with Gasteiger partial charge >= 0.3 is 0 Å². The second-order valence-electron chi connectivity index (χ2n) is 6.11. The highest BCUT2D eigenvalue weighted by Crippen LogP contribution is 2.24. The Labute approximate surface area is 135 Å². The van der Waals surface area contributed by atoms with Crippen LogP contribution >= 0.6 is 0 Å². The third-order valence-electron chi connectivity index (χ3n) is 4.04. The van der Waals surface area contributed by atoms with E-state index in [4.69, 9.17) is 11.5 Å². The van der Waals surface area contributed by atoms with E-state index in [1.807, 2.05) is 30.3 Å². The van der Waals surface area contributed by atoms with Gasteiger partial charge in [0.15, 0.2) is 5.67 Å². The van der Waals surface area contributed by atoms with Crippen LogP contribution in [0.25, 0.3) is 0 Å². The molecule has 0 spiro atoms. The molecule has 0 aliphatic heterocycles. The average molecular weight is 324 g/mol. The molecule has 23 heavy (non-hydrogen) atoms. The van der Waals surface area contributed by atoms with Gasteiger partial charge in [0, 0.05) is 5.92 Å². The minimum Gasteiger partial charge on any atom is -0.393 e. The molecule has 5 N–H and O–H groups in total. The Hall–Kier alpha value is -1.95. The van der Waals surface area contributed by atoms with Crippen LogP contribution in [0.4, 0.5) is 4.39 Å². The molecule has 0 bridgehead atoms. The van der Waals surface area contributed by atoms with Crippen molar-refractivity contribution in [3.05, 3.63) is 35.9 Å². The lowest BCUT2D eigenvalue weighted by Crippen LogP contribution is -2.38. The van der Waals surface area contributed by atoms with Crippen LogP contribution in [-0.2, 0) is 16.0 Å². The first-order chi connectivity index (χ1) is 10.7. The van der Waals surface area contributed by atoms with Gasteiger partial charge < -0.3 is 16.6 Å². The summed E-state index contributed by atoms with van der Waals surface area (Å²) in [5.41, 5.74) is 9.19. The summed E-state index contributed by atoms with van der Waals surface area (Å²) < 4.78 is 13.9. The van der Waals surface area contributed by atoms with Gasteiger partial charge in [-0.15, -0.1) is 0 Å². The summed E-state index contributed by atoms with van der Waals surface area (Å²) in [6.45, 7) is 1.08. The SMILES string of the molecule is CC(F)(CCC(CC(O)CCc1ccccc1)C(N)=O)C(N)=O. The zero-order chi connectivity index (χ0) is 17.5. The number of carbonyl (C=O) groups is 2. The van der Waals surface area contributed by atoms with E-state index < -0.39 is 29.5 Å². The van der Waals surface area contributed by atoms with Crippen molar-refractivity contribution in [3.63, 3.8) is 0 Å². The molecule has 3 unspecified atom stereocenters. The molecule has 6 heteroatoms. The Bertz CT molecular complexity index is 520. The van der Waals surface area contributed by atoms with Gasteiger partial charge in [-0.3, -0.25) is 9.59 Å². The Morgan fingerprint density at radius 3 is 2.35 bits per heavy atom. The van der Waals surface area contributed by atoms with Crippen LogP contribution in [0.1, 0.15) is 38.2 Å². The highest BCUT2D eigenvalue weighted by molar-refractivity contribution is 5.83. The van der Waals surface area contributed by atoms with Crippen LogP contribution in [0, 0.1) is 5.92 Å². The molecule has 128 valence electrons. The Kier molecular flexibility index (Phi) is 7.16. The maximum Gasteiger partial charge on any atom is 0.254 e. The van der Waals surface area contributed by atoms with Crippen LogP contribution in [-0.4, -0.2) is 28.7 Å². The summed E-state index contributed by atoms with van der Waals surface area (Å²) in [4.78, 5) is 22.4. The van der Waals surface area contributed by atoms with E-state index in [0.29, 0.717) is 12.8 Å². The molecular formula is C17H25FN2O3. The number of hydrogen-bond donors (Lipinski definition) is 3. The number of alkyl halides is 1. The normalized spacial score (nSPS) is 16.3. The predicted molar refractivity (Wildman–Crippen MR) is 86.0 cm³/mol. The number of aliphatic hydroxyl groups is 1. The second-order valence-corrected chi connectivity index (χ2v) is 6.11. The standard InChI is InChI=1S/C17H25FN2O3/c1-17(18,16(20)23)10-9-13(15(19)22)11-14(21)8-7-12-5-3-2-4-6-12/h2-6,13-14,21H,7-11H2,1H3,(H2,19,22)(H2,20,23). The summed E-state index contributed by atoms with van der Waals surface area (Å²) in [5.74, 6) is -2.36. The van der Waals surface area contributed by atoms with Crippen molar-refractivity contribution in [2.75, 3.05) is 0 Å². The first kappa shape index (κ1) is 19.1. The van der Waals surface area contributed by atoms with Crippen molar-refractivity contribution >= 4 is 11.8 Å². The number of aliphatic hydroxyl groups excluding tert-OH is 1. The van der Waals surface area contributed by atoms with Crippen LogP contribution in [0.2, 0.25) is 0 Å². The number of nitrogens with two attached hydrogens (primary N) is 2. The minimum atomic E-state index is -2.18. The Morgan fingerprint density at radius 1 is 1.22 bits per heavy atom. The van der Waals surface area contributed by atoms with E-state index in [-0.39, 0.29) is 19.3 Å². The minimum absolute atomic E-state index is 0.0771. The highest BCUT2D eigenvalue weighted by Gasteiger charge is 2.32. The maximum atomic E-state index is 13.9. The van der Waals surface area contributed by atoms with Crippen LogP contribution in [0.5, 0.6) is 0 Å². The van der Waals surface area contributed by atoms with E-state index in [2.05, 4.69) is 0 Å². The maximum absolute atomic E-state index is 13.9. The molecule has 1 aromatic rings. The first-order valence-corrected chi connectivity index (χ1v) is 7.72. The lowest BCUT2D eigenvalue weighted by Gasteiger charge is -2.21. The molecule has 0 aromatic heterocycles. The van der Waals surface area contributed by atoms with Crippen LogP contribution in [0.15, 0.2) is 30.3 Å². The number of primary amides is 2. The molecule has 0 aliphatic carbocycles. The van der Waals surface area contributed by atoms with Crippen molar-refractivity contribution in [2.24, 2.45) is 17.4 Å². The smallest absolute Gasteiger partial charge is 0.254 e. The topological polar surface area (TPSA) is 106 Å². The van der Waals surface area contributed by atoms with Gasteiger partial charge in [0.1, 0.15) is 0 Å². The van der Waals surface area contributed by atoms with Crippen molar-refractivity contribution < 1.29 is 19.1 Å². The van der Waals surface area contributed by atoms with Gasteiger partial charge in [0.2, 0.25) is 5.91 Å². The lowest BCUT2D eigenvalue weighted by atomic mass is 9.89. The first-order valence-electron chi connectivity index (χ1n) is 7.72. The number of benzene rings is 1. The molecule has 0 saturated carbocycles. The number of carbonyl (C=O) groups excluding carboxylic acids is 2. The van der Waals surface area contributed by atoms with Gasteiger partial charge in [-0.05, 0) is 44.6 Å². The number of aryl methyl sites for hydroxylation is 1. The molecule has 1 aromatic carbocycles. The number of halogens is 1. The van der Waals surface area contributed by atoms with Gasteiger partial charge in [0.05, 0.1) is 6.10 Å². The molecule has 2 amide bonds. The van der Waals surface area contributed by atoms with Crippen LogP contribution < -0.4 is 11.5 Å². The largest absolute Gasteiger partial charge is 0.393 e. The Balaban J connectivity index is 2.48. The molecule has 5 nitrogen and oxygen atoms in total. The quantitative estimate of drug-likeness (QED) is 0.606. The second kappa shape index (κ2) is 8.62. The number of hydrogen-bond acceptors (Lipinski definition) is 3. The monoisotopic (exact) mass is 324 g/mol. The molecule has 0 aliphatic rings. The highest BCUT2D eigenvalue weighted by atomic mass is 19.1. The van der Waals surface area contributed by atoms with Crippen molar-refractivity contribution in [2.45, 2.75) is 50.8 Å². The summed E-state index contributed by atoms with van der Waals surface area (Å²) >= 11 is 0. The molecule has 0 fully saturated rings. The zero-order valence-corrected chi connectivity index (χ0v) is 13.4. The molecule has 0 saturated heterocycles. The van der Waals surface area contributed by atoms with E-state index >= 15 is 0 Å². The third-order valence-corrected chi connectivity index (χ3v) is 4.04.